The molecule has 0 fully saturated rings. The van der Waals surface area contributed by atoms with Crippen LogP contribution in [0.25, 0.3) is 11.0 Å². The third kappa shape index (κ3) is 2.96. The fourth-order valence-electron chi connectivity index (χ4n) is 2.42. The van der Waals surface area contributed by atoms with Crippen molar-refractivity contribution in [2.24, 2.45) is 7.05 Å². The second kappa shape index (κ2) is 6.15. The van der Waals surface area contributed by atoms with Crippen LogP contribution in [0, 0.1) is 0 Å². The minimum Gasteiger partial charge on any atom is -0.327 e. The maximum Gasteiger partial charge on any atom is 0.134 e. The van der Waals surface area contributed by atoms with E-state index < -0.39 is 0 Å². The van der Waals surface area contributed by atoms with Crippen molar-refractivity contribution >= 4 is 38.6 Å². The van der Waals surface area contributed by atoms with Crippen LogP contribution >= 0.6 is 27.5 Å². The number of alkyl halides is 1. The summed E-state index contributed by atoms with van der Waals surface area (Å²) in [5, 5.41) is 8.05. The summed E-state index contributed by atoms with van der Waals surface area (Å²) in [4.78, 5) is 4.69. The number of nitrogens with zero attached hydrogens (tertiary/aromatic N) is 5. The Balaban J connectivity index is 1.95. The van der Waals surface area contributed by atoms with Crippen LogP contribution in [0.4, 0.5) is 0 Å². The fourth-order valence-corrected chi connectivity index (χ4v) is 2.94. The lowest BCUT2D eigenvalue weighted by Gasteiger charge is -2.08. The number of imidazole rings is 1. The van der Waals surface area contributed by atoms with Crippen molar-refractivity contribution in [3.05, 3.63) is 40.6 Å². The topological polar surface area (TPSA) is 48.5 Å². The van der Waals surface area contributed by atoms with Crippen LogP contribution in [0.2, 0.25) is 0 Å². The van der Waals surface area contributed by atoms with Crippen LogP contribution in [0.3, 0.4) is 0 Å². The first-order valence-corrected chi connectivity index (χ1v) is 8.05. The van der Waals surface area contributed by atoms with Crippen molar-refractivity contribution in [1.29, 1.82) is 0 Å². The van der Waals surface area contributed by atoms with Gasteiger partial charge in [-0.1, -0.05) is 15.9 Å². The van der Waals surface area contributed by atoms with Gasteiger partial charge in [0.25, 0.3) is 0 Å². The molecule has 0 aliphatic heterocycles. The molecular weight excluding hydrogens is 354 g/mol. The first-order chi connectivity index (χ1) is 10.2. The van der Waals surface area contributed by atoms with E-state index in [1.807, 2.05) is 23.7 Å². The highest BCUT2D eigenvalue weighted by Gasteiger charge is 2.11. The van der Waals surface area contributed by atoms with Crippen LogP contribution in [-0.4, -0.2) is 30.2 Å². The molecular formula is C14H15BrClN5. The molecule has 110 valence electrons. The summed E-state index contributed by atoms with van der Waals surface area (Å²) in [5.41, 5.74) is 2.11. The van der Waals surface area contributed by atoms with Crippen molar-refractivity contribution in [3.63, 3.8) is 0 Å². The number of fused-ring (bicyclic) bond motifs is 1. The Morgan fingerprint density at radius 3 is 2.81 bits per heavy atom. The molecule has 0 amide bonds. The van der Waals surface area contributed by atoms with Gasteiger partial charge in [0.1, 0.15) is 18.0 Å². The largest absolute Gasteiger partial charge is 0.327 e. The Hall–Kier alpha value is -1.40. The van der Waals surface area contributed by atoms with E-state index in [9.17, 15) is 0 Å². The highest BCUT2D eigenvalue weighted by Crippen LogP contribution is 2.22. The Bertz CT molecular complexity index is 764. The van der Waals surface area contributed by atoms with Gasteiger partial charge in [0.15, 0.2) is 0 Å². The van der Waals surface area contributed by atoms with E-state index in [-0.39, 0.29) is 0 Å². The lowest BCUT2D eigenvalue weighted by molar-refractivity contribution is 0.637. The first kappa shape index (κ1) is 14.5. The van der Waals surface area contributed by atoms with E-state index in [1.54, 1.807) is 6.33 Å². The number of halogens is 2. The van der Waals surface area contributed by atoms with Gasteiger partial charge in [-0.05, 0) is 18.2 Å². The maximum atomic E-state index is 5.90. The first-order valence-electron chi connectivity index (χ1n) is 6.72. The number of hydrogen-bond acceptors (Lipinski definition) is 3. The van der Waals surface area contributed by atoms with Gasteiger partial charge in [-0.25, -0.2) is 4.98 Å². The van der Waals surface area contributed by atoms with Crippen LogP contribution in [0.5, 0.6) is 0 Å². The summed E-state index contributed by atoms with van der Waals surface area (Å²) in [6.45, 7) is 0.816. The second-order valence-corrected chi connectivity index (χ2v) is 6.15. The Morgan fingerprint density at radius 2 is 2.10 bits per heavy atom. The average molecular weight is 369 g/mol. The third-order valence-electron chi connectivity index (χ3n) is 3.47. The number of aryl methyl sites for hydroxylation is 4. The zero-order chi connectivity index (χ0) is 14.8. The average Bonchev–Trinajstić information content (AvgIpc) is 3.00. The quantitative estimate of drug-likeness (QED) is 0.651. The zero-order valence-corrected chi connectivity index (χ0v) is 14.0. The van der Waals surface area contributed by atoms with Crippen molar-refractivity contribution in [3.8, 4) is 0 Å². The SMILES string of the molecule is Cn1cnnc1CCn1c(CCCl)nc2cc(Br)ccc21. The van der Waals surface area contributed by atoms with Crippen LogP contribution < -0.4 is 0 Å². The van der Waals surface area contributed by atoms with Crippen molar-refractivity contribution in [1.82, 2.24) is 24.3 Å². The van der Waals surface area contributed by atoms with E-state index in [1.165, 1.54) is 0 Å². The molecule has 7 heteroatoms. The molecule has 0 spiro atoms. The number of benzene rings is 1. The minimum atomic E-state index is 0.564. The molecule has 5 nitrogen and oxygen atoms in total. The van der Waals surface area contributed by atoms with Crippen molar-refractivity contribution in [2.75, 3.05) is 5.88 Å². The lowest BCUT2D eigenvalue weighted by atomic mass is 10.3. The fraction of sp³-hybridized carbons (Fsp3) is 0.357. The monoisotopic (exact) mass is 367 g/mol. The van der Waals surface area contributed by atoms with Gasteiger partial charge >= 0.3 is 0 Å². The third-order valence-corrected chi connectivity index (χ3v) is 4.15. The zero-order valence-electron chi connectivity index (χ0n) is 11.6. The molecule has 0 bridgehead atoms. The number of aromatic nitrogens is 5. The van der Waals surface area contributed by atoms with Crippen molar-refractivity contribution < 1.29 is 0 Å². The summed E-state index contributed by atoms with van der Waals surface area (Å²) >= 11 is 9.39. The minimum absolute atomic E-state index is 0.564. The molecule has 0 saturated heterocycles. The molecule has 0 aliphatic rings. The Kier molecular flexibility index (Phi) is 4.26. The molecule has 0 aliphatic carbocycles. The molecule has 21 heavy (non-hydrogen) atoms. The van der Waals surface area contributed by atoms with E-state index in [0.29, 0.717) is 5.88 Å². The molecule has 3 rings (SSSR count). The summed E-state index contributed by atoms with van der Waals surface area (Å²) < 4.78 is 5.20. The number of rotatable bonds is 5. The van der Waals surface area contributed by atoms with Gasteiger partial charge in [0, 0.05) is 36.8 Å². The summed E-state index contributed by atoms with van der Waals surface area (Å²) in [6, 6.07) is 6.15. The molecule has 0 radical (unpaired) electrons. The van der Waals surface area contributed by atoms with Gasteiger partial charge in [-0.2, -0.15) is 0 Å². The van der Waals surface area contributed by atoms with Gasteiger partial charge in [0.2, 0.25) is 0 Å². The predicted octanol–water partition coefficient (Wildman–Crippen LogP) is 2.95. The Labute approximate surface area is 136 Å². The molecule has 0 N–H and O–H groups in total. The highest BCUT2D eigenvalue weighted by atomic mass is 79.9. The van der Waals surface area contributed by atoms with Gasteiger partial charge in [-0.3, -0.25) is 0 Å². The van der Waals surface area contributed by atoms with Gasteiger partial charge < -0.3 is 9.13 Å². The summed E-state index contributed by atoms with van der Waals surface area (Å²) in [5.74, 6) is 2.54. The van der Waals surface area contributed by atoms with E-state index in [0.717, 1.165) is 46.5 Å². The maximum absolute atomic E-state index is 5.90. The summed E-state index contributed by atoms with van der Waals surface area (Å²) in [6.07, 6.45) is 3.29. The molecule has 2 aromatic heterocycles. The van der Waals surface area contributed by atoms with Crippen LogP contribution in [0.1, 0.15) is 11.6 Å². The standard InChI is InChI=1S/C14H15BrClN5/c1-20-9-17-19-14(20)5-7-21-12-3-2-10(15)8-11(12)18-13(21)4-6-16/h2-3,8-9H,4-7H2,1H3. The van der Waals surface area contributed by atoms with Gasteiger partial charge in [-0.15, -0.1) is 21.8 Å². The number of hydrogen-bond donors (Lipinski definition) is 0. The normalized spacial score (nSPS) is 11.4. The smallest absolute Gasteiger partial charge is 0.134 e. The van der Waals surface area contributed by atoms with E-state index in [4.69, 9.17) is 16.6 Å². The van der Waals surface area contributed by atoms with Gasteiger partial charge in [0.05, 0.1) is 11.0 Å². The second-order valence-electron chi connectivity index (χ2n) is 4.86. The molecule has 1 aromatic carbocycles. The van der Waals surface area contributed by atoms with E-state index >= 15 is 0 Å². The predicted molar refractivity (Wildman–Crippen MR) is 86.6 cm³/mol. The Morgan fingerprint density at radius 1 is 1.24 bits per heavy atom. The van der Waals surface area contributed by atoms with Crippen LogP contribution in [-0.2, 0) is 26.4 Å². The molecule has 3 aromatic rings. The van der Waals surface area contributed by atoms with Crippen molar-refractivity contribution in [2.45, 2.75) is 19.4 Å². The molecule has 0 atom stereocenters. The summed E-state index contributed by atoms with van der Waals surface area (Å²) in [7, 11) is 1.96. The van der Waals surface area contributed by atoms with E-state index in [2.05, 4.69) is 36.8 Å². The molecule has 2 heterocycles. The van der Waals surface area contributed by atoms with Crippen LogP contribution in [0.15, 0.2) is 29.0 Å². The lowest BCUT2D eigenvalue weighted by Crippen LogP contribution is -2.09. The molecule has 0 unspecified atom stereocenters. The molecule has 0 saturated carbocycles. The highest BCUT2D eigenvalue weighted by molar-refractivity contribution is 9.10.